The van der Waals surface area contributed by atoms with Gasteiger partial charge < -0.3 is 9.96 Å². The van der Waals surface area contributed by atoms with Gasteiger partial charge in [0.15, 0.2) is 0 Å². The molecule has 0 saturated carbocycles. The molecule has 1 N–H and O–H groups in total. The molecule has 0 heterocycles. The van der Waals surface area contributed by atoms with Gasteiger partial charge in [-0.05, 0) is 25.7 Å². The van der Waals surface area contributed by atoms with E-state index in [1.807, 2.05) is 0 Å². The molecule has 2 nitrogen and oxygen atoms in total. The van der Waals surface area contributed by atoms with E-state index >= 15 is 0 Å². The van der Waals surface area contributed by atoms with Crippen LogP contribution in [0.3, 0.4) is 0 Å². The molecule has 7 heteroatoms. The van der Waals surface area contributed by atoms with Gasteiger partial charge in [0.05, 0.1) is 26.2 Å². The molecule has 0 spiro atoms. The normalized spacial score (nSPS) is 12.2. The second-order valence-corrected chi connectivity index (χ2v) is 29.5. The SMILES string of the molecule is CCCC[N+](CCCC)(CCCC)CCCC.[Cl][Re]([Cl])([Cl])[Cl].[OH-]. The minimum Gasteiger partial charge on any atom is -0.870 e. The van der Waals surface area contributed by atoms with Gasteiger partial charge in [0, 0.05) is 0 Å². The Morgan fingerprint density at radius 1 is 0.565 bits per heavy atom. The predicted octanol–water partition coefficient (Wildman–Crippen LogP) is 7.58. The fourth-order valence-electron chi connectivity index (χ4n) is 2.64. The third-order valence-corrected chi connectivity index (χ3v) is 3.94. The van der Waals surface area contributed by atoms with Crippen LogP contribution >= 0.6 is 38.1 Å². The number of quaternary nitrogens is 1. The fourth-order valence-corrected chi connectivity index (χ4v) is 2.64. The van der Waals surface area contributed by atoms with E-state index in [0.29, 0.717) is 0 Å². The van der Waals surface area contributed by atoms with Gasteiger partial charge in [0.2, 0.25) is 0 Å². The van der Waals surface area contributed by atoms with Gasteiger partial charge in [0.1, 0.15) is 0 Å². The summed E-state index contributed by atoms with van der Waals surface area (Å²) in [6.45, 7) is 15.0. The Bertz CT molecular complexity index is 197. The van der Waals surface area contributed by atoms with Gasteiger partial charge in [-0.1, -0.05) is 53.4 Å². The van der Waals surface area contributed by atoms with E-state index in [2.05, 4.69) is 27.7 Å². The molecule has 0 fully saturated rings. The van der Waals surface area contributed by atoms with Crippen molar-refractivity contribution in [3.8, 4) is 0 Å². The van der Waals surface area contributed by atoms with Gasteiger partial charge in [-0.15, -0.1) is 0 Å². The van der Waals surface area contributed by atoms with Crippen LogP contribution in [0.25, 0.3) is 0 Å². The first-order chi connectivity index (χ1) is 10.2. The third-order valence-electron chi connectivity index (χ3n) is 3.94. The van der Waals surface area contributed by atoms with Crippen molar-refractivity contribution in [1.29, 1.82) is 0 Å². The molecular weight excluding hydrogens is 550 g/mol. The Hall–Kier alpha value is 1.74. The summed E-state index contributed by atoms with van der Waals surface area (Å²) in [5, 5.41) is 0. The number of unbranched alkanes of at least 4 members (excludes halogenated alkanes) is 4. The fraction of sp³-hybridized carbons (Fsp3) is 1.00. The van der Waals surface area contributed by atoms with Crippen molar-refractivity contribution in [2.24, 2.45) is 0 Å². The molecule has 23 heavy (non-hydrogen) atoms. The molecule has 0 aliphatic carbocycles. The number of hydrogen-bond donors (Lipinski definition) is 0. The number of halogens is 4. The van der Waals surface area contributed by atoms with Crippen LogP contribution < -0.4 is 0 Å². The Morgan fingerprint density at radius 3 is 0.870 bits per heavy atom. The molecule has 0 aliphatic rings. The molecule has 147 valence electrons. The van der Waals surface area contributed by atoms with E-state index in [0.717, 1.165) is 0 Å². The molecule has 0 aliphatic heterocycles. The second-order valence-electron chi connectivity index (χ2n) is 5.97. The van der Waals surface area contributed by atoms with E-state index in [4.69, 9.17) is 38.1 Å². The number of hydrogen-bond acceptors (Lipinski definition) is 1. The molecule has 0 rings (SSSR count). The molecule has 0 atom stereocenters. The van der Waals surface area contributed by atoms with Crippen LogP contribution in [0.2, 0.25) is 0 Å². The zero-order chi connectivity index (χ0) is 17.5. The smallest absolute Gasteiger partial charge is 0.870 e. The molecule has 0 amide bonds. The van der Waals surface area contributed by atoms with E-state index < -0.39 is 11.5 Å². The maximum atomic E-state index is 5.03. The molecule has 0 bridgehead atoms. The maximum absolute atomic E-state index is 5.03. The Labute approximate surface area is 164 Å². The van der Waals surface area contributed by atoms with Crippen molar-refractivity contribution >= 4 is 38.1 Å². The zero-order valence-electron chi connectivity index (χ0n) is 15.3. The summed E-state index contributed by atoms with van der Waals surface area (Å²) in [5.41, 5.74) is 0. The first-order valence-corrected chi connectivity index (χ1v) is 22.1. The molecule has 0 unspecified atom stereocenters. The van der Waals surface area contributed by atoms with Crippen LogP contribution in [0.1, 0.15) is 79.1 Å². The first kappa shape index (κ1) is 29.5. The zero-order valence-corrected chi connectivity index (χ0v) is 21.0. The van der Waals surface area contributed by atoms with Crippen molar-refractivity contribution in [3.63, 3.8) is 0 Å². The van der Waals surface area contributed by atoms with E-state index in [-0.39, 0.29) is 5.48 Å². The minimum absolute atomic E-state index is 0. The van der Waals surface area contributed by atoms with Crippen LogP contribution in [0, 0.1) is 0 Å². The molecule has 0 aromatic carbocycles. The third kappa shape index (κ3) is 23.7. The predicted molar refractivity (Wildman–Crippen MR) is 105 cm³/mol. The quantitative estimate of drug-likeness (QED) is 0.217. The Kier molecular flexibility index (Phi) is 23.8. The molecule has 0 aromatic heterocycles. The molecular formula is C16H37Cl4NORe. The molecule has 0 aromatic rings. The van der Waals surface area contributed by atoms with E-state index in [1.165, 1.54) is 82.0 Å². The van der Waals surface area contributed by atoms with E-state index in [1.54, 1.807) is 0 Å². The Morgan fingerprint density at radius 2 is 0.739 bits per heavy atom. The molecule has 0 saturated heterocycles. The van der Waals surface area contributed by atoms with Gasteiger partial charge in [0.25, 0.3) is 0 Å². The summed E-state index contributed by atoms with van der Waals surface area (Å²) in [6.07, 6.45) is 11.1. The van der Waals surface area contributed by atoms with Crippen molar-refractivity contribution in [2.75, 3.05) is 26.2 Å². The summed E-state index contributed by atoms with van der Waals surface area (Å²) in [4.78, 5) is 0. The van der Waals surface area contributed by atoms with Crippen LogP contribution in [0.5, 0.6) is 0 Å². The van der Waals surface area contributed by atoms with Crippen LogP contribution in [0.15, 0.2) is 0 Å². The van der Waals surface area contributed by atoms with E-state index in [9.17, 15) is 0 Å². The van der Waals surface area contributed by atoms with Crippen LogP contribution in [-0.4, -0.2) is 36.1 Å². The van der Waals surface area contributed by atoms with Crippen LogP contribution in [-0.2, 0) is 11.5 Å². The maximum Gasteiger partial charge on any atom is -0.870 e. The summed E-state index contributed by atoms with van der Waals surface area (Å²) in [5.74, 6) is 0. The average Bonchev–Trinajstić information content (AvgIpc) is 2.44. The van der Waals surface area contributed by atoms with Gasteiger partial charge in [-0.25, -0.2) is 0 Å². The van der Waals surface area contributed by atoms with Crippen molar-refractivity contribution in [3.05, 3.63) is 0 Å². The van der Waals surface area contributed by atoms with Gasteiger partial charge >= 0.3 is 49.6 Å². The number of nitrogens with zero attached hydrogens (tertiary/aromatic N) is 1. The largest absolute Gasteiger partial charge is 0.870 e. The average molecular weight is 587 g/mol. The summed E-state index contributed by atoms with van der Waals surface area (Å²) < 4.78 is 1.42. The summed E-state index contributed by atoms with van der Waals surface area (Å²) >= 11 is -3.22. The molecule has 0 radical (unpaired) electrons. The van der Waals surface area contributed by atoms with Crippen molar-refractivity contribution in [1.82, 2.24) is 0 Å². The minimum atomic E-state index is -3.22. The summed E-state index contributed by atoms with van der Waals surface area (Å²) in [6, 6.07) is 0. The first-order valence-electron chi connectivity index (χ1n) is 8.66. The topological polar surface area (TPSA) is 30.0 Å². The Balaban J connectivity index is -0.000000578. The van der Waals surface area contributed by atoms with Crippen molar-refractivity contribution in [2.45, 2.75) is 79.1 Å². The summed E-state index contributed by atoms with van der Waals surface area (Å²) in [7, 11) is 20.1. The monoisotopic (exact) mass is 586 g/mol. The van der Waals surface area contributed by atoms with Gasteiger partial charge in [-0.2, -0.15) is 0 Å². The van der Waals surface area contributed by atoms with Gasteiger partial charge in [-0.3, -0.25) is 0 Å². The second kappa shape index (κ2) is 18.5. The van der Waals surface area contributed by atoms with Crippen LogP contribution in [0.4, 0.5) is 0 Å². The standard InChI is InChI=1S/C16H36N.4ClH.H2O.Re/c1-5-9-13-17(14-10-6-2,15-11-7-3)16-12-8-4;;;;;;/h5-16H2,1-4H3;4*1H;1H2;/q+1;;;;;;+4/p-5. The number of rotatable bonds is 12. The van der Waals surface area contributed by atoms with Crippen molar-refractivity contribution < 1.29 is 21.4 Å².